The fraction of sp³-hybridized carbons (Fsp3) is 0.579. The molecule has 2 amide bonds. The van der Waals surface area contributed by atoms with Gasteiger partial charge in [0.15, 0.2) is 0 Å². The minimum Gasteiger partial charge on any atom is -0.353 e. The van der Waals surface area contributed by atoms with Crippen molar-refractivity contribution in [3.05, 3.63) is 35.9 Å². The molecule has 0 bridgehead atoms. The Hall–Kier alpha value is -1.84. The van der Waals surface area contributed by atoms with Gasteiger partial charge in [0.1, 0.15) is 0 Å². The van der Waals surface area contributed by atoms with E-state index in [4.69, 9.17) is 0 Å². The number of rotatable bonds is 7. The second-order valence-corrected chi connectivity index (χ2v) is 6.49. The first-order valence-electron chi connectivity index (χ1n) is 8.72. The van der Waals surface area contributed by atoms with Gasteiger partial charge in [-0.15, -0.1) is 0 Å². The molecule has 1 aromatic rings. The van der Waals surface area contributed by atoms with Gasteiger partial charge in [-0.05, 0) is 32.3 Å². The van der Waals surface area contributed by atoms with E-state index in [9.17, 15) is 9.59 Å². The molecular formula is C19H28N2O2. The molecule has 0 spiro atoms. The lowest BCUT2D eigenvalue weighted by Crippen LogP contribution is -2.41. The van der Waals surface area contributed by atoms with Gasteiger partial charge >= 0.3 is 0 Å². The van der Waals surface area contributed by atoms with Gasteiger partial charge < -0.3 is 10.2 Å². The van der Waals surface area contributed by atoms with Crippen LogP contribution in [0.1, 0.15) is 51.5 Å². The summed E-state index contributed by atoms with van der Waals surface area (Å²) in [6.45, 7) is 5.21. The van der Waals surface area contributed by atoms with Gasteiger partial charge in [0.05, 0.1) is 0 Å². The highest BCUT2D eigenvalue weighted by Gasteiger charge is 2.24. The van der Waals surface area contributed by atoms with E-state index in [1.54, 1.807) is 0 Å². The highest BCUT2D eigenvalue weighted by Crippen LogP contribution is 2.24. The van der Waals surface area contributed by atoms with Gasteiger partial charge in [-0.25, -0.2) is 0 Å². The molecule has 0 aliphatic heterocycles. The summed E-state index contributed by atoms with van der Waals surface area (Å²) >= 11 is 0. The molecule has 1 fully saturated rings. The lowest BCUT2D eigenvalue weighted by molar-refractivity contribution is -0.132. The maximum Gasteiger partial charge on any atom is 0.224 e. The Labute approximate surface area is 139 Å². The van der Waals surface area contributed by atoms with Crippen molar-refractivity contribution in [3.8, 4) is 0 Å². The number of amides is 2. The van der Waals surface area contributed by atoms with Crippen LogP contribution in [0.4, 0.5) is 0 Å². The highest BCUT2D eigenvalue weighted by atomic mass is 16.2. The van der Waals surface area contributed by atoms with Crippen LogP contribution in [0.5, 0.6) is 0 Å². The lowest BCUT2D eigenvalue weighted by Gasteiger charge is -2.24. The van der Waals surface area contributed by atoms with Gasteiger partial charge in [0.2, 0.25) is 11.8 Å². The zero-order valence-electron chi connectivity index (χ0n) is 14.3. The summed E-state index contributed by atoms with van der Waals surface area (Å²) in [6, 6.07) is 9.89. The van der Waals surface area contributed by atoms with Crippen molar-refractivity contribution in [1.29, 1.82) is 0 Å². The summed E-state index contributed by atoms with van der Waals surface area (Å²) in [5.41, 5.74) is 1.13. The van der Waals surface area contributed by atoms with Crippen molar-refractivity contribution in [2.24, 2.45) is 5.92 Å². The smallest absolute Gasteiger partial charge is 0.224 e. The van der Waals surface area contributed by atoms with Gasteiger partial charge in [-0.3, -0.25) is 9.59 Å². The number of nitrogens with one attached hydrogen (secondary N) is 1. The Morgan fingerprint density at radius 3 is 2.48 bits per heavy atom. The summed E-state index contributed by atoms with van der Waals surface area (Å²) in [6.07, 6.45) is 4.63. The molecular weight excluding hydrogens is 288 g/mol. The molecule has 0 aromatic heterocycles. The average Bonchev–Trinajstić information content (AvgIpc) is 3.07. The molecule has 1 saturated carbocycles. The third-order valence-electron chi connectivity index (χ3n) is 4.55. The predicted octanol–water partition coefficient (Wildman–Crippen LogP) is 3.12. The molecule has 4 nitrogen and oxygen atoms in total. The number of nitrogens with zero attached hydrogens (tertiary/aromatic N) is 1. The zero-order chi connectivity index (χ0) is 16.7. The molecule has 0 radical (unpaired) electrons. The van der Waals surface area contributed by atoms with Crippen molar-refractivity contribution in [1.82, 2.24) is 10.2 Å². The molecule has 0 saturated heterocycles. The van der Waals surface area contributed by atoms with Crippen molar-refractivity contribution in [3.63, 3.8) is 0 Å². The largest absolute Gasteiger partial charge is 0.353 e. The summed E-state index contributed by atoms with van der Waals surface area (Å²) in [7, 11) is 0. The lowest BCUT2D eigenvalue weighted by atomic mass is 10.1. The molecule has 0 heterocycles. The first-order chi connectivity index (χ1) is 11.1. The second-order valence-electron chi connectivity index (χ2n) is 6.49. The number of carbonyl (C=O) groups is 2. The maximum absolute atomic E-state index is 12.5. The molecule has 1 aromatic carbocycles. The minimum absolute atomic E-state index is 0.0931. The van der Waals surface area contributed by atoms with Crippen molar-refractivity contribution in [2.75, 3.05) is 6.54 Å². The molecule has 4 heteroatoms. The van der Waals surface area contributed by atoms with E-state index >= 15 is 0 Å². The summed E-state index contributed by atoms with van der Waals surface area (Å²) in [5.74, 6) is 0.364. The summed E-state index contributed by atoms with van der Waals surface area (Å²) < 4.78 is 0. The Morgan fingerprint density at radius 1 is 1.22 bits per heavy atom. The summed E-state index contributed by atoms with van der Waals surface area (Å²) in [5, 5.41) is 3.01. The first-order valence-corrected chi connectivity index (χ1v) is 8.72. The quantitative estimate of drug-likeness (QED) is 0.840. The number of hydrogen-bond donors (Lipinski definition) is 1. The molecule has 1 aliphatic carbocycles. The van der Waals surface area contributed by atoms with E-state index in [1.807, 2.05) is 49.1 Å². The third-order valence-corrected chi connectivity index (χ3v) is 4.55. The van der Waals surface area contributed by atoms with Gasteiger partial charge in [-0.1, -0.05) is 43.2 Å². The van der Waals surface area contributed by atoms with E-state index in [1.165, 1.54) is 0 Å². The highest BCUT2D eigenvalue weighted by molar-refractivity contribution is 5.81. The molecule has 1 N–H and O–H groups in total. The Morgan fingerprint density at radius 2 is 1.87 bits per heavy atom. The maximum atomic E-state index is 12.5. The van der Waals surface area contributed by atoms with E-state index < -0.39 is 0 Å². The van der Waals surface area contributed by atoms with Crippen molar-refractivity contribution >= 4 is 11.8 Å². The van der Waals surface area contributed by atoms with Crippen LogP contribution in [-0.2, 0) is 16.1 Å². The Balaban J connectivity index is 1.82. The van der Waals surface area contributed by atoms with Gasteiger partial charge in [0.25, 0.3) is 0 Å². The minimum atomic E-state index is -0.111. The molecule has 126 valence electrons. The monoisotopic (exact) mass is 316 g/mol. The fourth-order valence-corrected chi connectivity index (χ4v) is 3.17. The van der Waals surface area contributed by atoms with E-state index in [2.05, 4.69) is 5.32 Å². The van der Waals surface area contributed by atoms with Gasteiger partial charge in [0, 0.05) is 31.5 Å². The predicted molar refractivity (Wildman–Crippen MR) is 91.7 cm³/mol. The Kier molecular flexibility index (Phi) is 6.63. The fourth-order valence-electron chi connectivity index (χ4n) is 3.17. The van der Waals surface area contributed by atoms with Crippen LogP contribution in [0, 0.1) is 5.92 Å². The first kappa shape index (κ1) is 17.5. The van der Waals surface area contributed by atoms with E-state index in [0.29, 0.717) is 19.5 Å². The van der Waals surface area contributed by atoms with E-state index in [-0.39, 0.29) is 23.8 Å². The molecule has 23 heavy (non-hydrogen) atoms. The van der Waals surface area contributed by atoms with Crippen LogP contribution in [0.15, 0.2) is 30.3 Å². The third kappa shape index (κ3) is 5.38. The van der Waals surface area contributed by atoms with E-state index in [0.717, 1.165) is 31.2 Å². The van der Waals surface area contributed by atoms with Gasteiger partial charge in [-0.2, -0.15) is 0 Å². The molecule has 1 aliphatic rings. The normalized spacial score (nSPS) is 16.1. The SMILES string of the molecule is CCN(Cc1ccccc1)C(=O)CC(C)NC(=O)C1CCCC1. The zero-order valence-corrected chi connectivity index (χ0v) is 14.3. The van der Waals surface area contributed by atoms with Crippen molar-refractivity contribution in [2.45, 2.75) is 58.5 Å². The summed E-state index contributed by atoms with van der Waals surface area (Å²) in [4.78, 5) is 26.4. The molecule has 1 atom stereocenters. The standard InChI is InChI=1S/C19H28N2O2/c1-3-21(14-16-9-5-4-6-10-16)18(22)13-15(2)20-19(23)17-11-7-8-12-17/h4-6,9-10,15,17H,3,7-8,11-14H2,1-2H3,(H,20,23). The van der Waals surface area contributed by atoms with Crippen LogP contribution in [-0.4, -0.2) is 29.3 Å². The number of benzene rings is 1. The topological polar surface area (TPSA) is 49.4 Å². The molecule has 1 unspecified atom stereocenters. The second kappa shape index (κ2) is 8.70. The average molecular weight is 316 g/mol. The van der Waals surface area contributed by atoms with Crippen LogP contribution >= 0.6 is 0 Å². The number of hydrogen-bond acceptors (Lipinski definition) is 2. The van der Waals surface area contributed by atoms with Crippen LogP contribution in [0.3, 0.4) is 0 Å². The Bertz CT molecular complexity index is 509. The van der Waals surface area contributed by atoms with Crippen LogP contribution < -0.4 is 5.32 Å². The number of carbonyl (C=O) groups excluding carboxylic acids is 2. The van der Waals surface area contributed by atoms with Crippen molar-refractivity contribution < 1.29 is 9.59 Å². The van der Waals surface area contributed by atoms with Crippen LogP contribution in [0.25, 0.3) is 0 Å². The van der Waals surface area contributed by atoms with Crippen LogP contribution in [0.2, 0.25) is 0 Å². The molecule has 2 rings (SSSR count).